The predicted molar refractivity (Wildman–Crippen MR) is 89.5 cm³/mol. The Hall–Kier alpha value is -2.71. The molecule has 0 amide bonds. The molecular weight excluding hydrogens is 326 g/mol. The van der Waals surface area contributed by atoms with Crippen LogP contribution in [-0.2, 0) is 11.2 Å². The first-order chi connectivity index (χ1) is 11.8. The molecule has 0 bridgehead atoms. The van der Waals surface area contributed by atoms with Gasteiger partial charge in [0.2, 0.25) is 5.88 Å². The maximum absolute atomic E-state index is 11.6. The SMILES string of the molecule is COc1ccnc(C[C@](O)(C(=O)O)[C@@H](N)COc2ccc(C)cn2)c1. The molecule has 25 heavy (non-hydrogen) atoms. The van der Waals surface area contributed by atoms with Crippen LogP contribution < -0.4 is 15.2 Å². The number of aryl methyl sites for hydroxylation is 1. The molecule has 2 heterocycles. The van der Waals surface area contributed by atoms with Crippen molar-refractivity contribution < 1.29 is 24.5 Å². The van der Waals surface area contributed by atoms with E-state index in [4.69, 9.17) is 15.2 Å². The molecule has 0 aliphatic rings. The summed E-state index contributed by atoms with van der Waals surface area (Å²) < 4.78 is 10.5. The van der Waals surface area contributed by atoms with Crippen LogP contribution >= 0.6 is 0 Å². The summed E-state index contributed by atoms with van der Waals surface area (Å²) in [5.74, 6) is -0.648. The van der Waals surface area contributed by atoms with E-state index >= 15 is 0 Å². The molecule has 0 aliphatic heterocycles. The van der Waals surface area contributed by atoms with Gasteiger partial charge in [-0.2, -0.15) is 0 Å². The minimum absolute atomic E-state index is 0.219. The second kappa shape index (κ2) is 7.91. The maximum atomic E-state index is 11.6. The first-order valence-corrected chi connectivity index (χ1v) is 7.61. The second-order valence-electron chi connectivity index (χ2n) is 5.68. The van der Waals surface area contributed by atoms with E-state index in [2.05, 4.69) is 9.97 Å². The Morgan fingerprint density at radius 1 is 1.36 bits per heavy atom. The van der Waals surface area contributed by atoms with Gasteiger partial charge in [0.05, 0.1) is 13.2 Å². The molecule has 2 rings (SSSR count). The van der Waals surface area contributed by atoms with E-state index in [1.165, 1.54) is 13.3 Å². The fraction of sp³-hybridized carbons (Fsp3) is 0.353. The Morgan fingerprint density at radius 2 is 2.12 bits per heavy atom. The lowest BCUT2D eigenvalue weighted by Crippen LogP contribution is -2.58. The quantitative estimate of drug-likeness (QED) is 0.632. The number of hydrogen-bond acceptors (Lipinski definition) is 7. The number of carboxylic acids is 1. The summed E-state index contributed by atoms with van der Waals surface area (Å²) in [6, 6.07) is 5.42. The van der Waals surface area contributed by atoms with Crippen LogP contribution in [0, 0.1) is 6.92 Å². The highest BCUT2D eigenvalue weighted by Crippen LogP contribution is 2.20. The van der Waals surface area contributed by atoms with Gasteiger partial charge in [0.15, 0.2) is 5.60 Å². The van der Waals surface area contributed by atoms with Gasteiger partial charge in [0, 0.05) is 36.6 Å². The third-order valence-electron chi connectivity index (χ3n) is 3.75. The molecule has 2 aromatic heterocycles. The van der Waals surface area contributed by atoms with E-state index in [0.29, 0.717) is 17.3 Å². The van der Waals surface area contributed by atoms with Gasteiger partial charge in [-0.25, -0.2) is 9.78 Å². The van der Waals surface area contributed by atoms with Gasteiger partial charge in [-0.15, -0.1) is 0 Å². The number of aliphatic carboxylic acids is 1. The molecule has 0 fully saturated rings. The van der Waals surface area contributed by atoms with Crippen molar-refractivity contribution >= 4 is 5.97 Å². The summed E-state index contributed by atoms with van der Waals surface area (Å²) in [4.78, 5) is 19.7. The lowest BCUT2D eigenvalue weighted by Gasteiger charge is -2.29. The van der Waals surface area contributed by atoms with Crippen molar-refractivity contribution in [2.75, 3.05) is 13.7 Å². The number of carbonyl (C=O) groups is 1. The molecule has 4 N–H and O–H groups in total. The number of nitrogens with zero attached hydrogens (tertiary/aromatic N) is 2. The summed E-state index contributed by atoms with van der Waals surface area (Å²) in [7, 11) is 1.48. The zero-order valence-corrected chi connectivity index (χ0v) is 14.0. The Bertz CT molecular complexity index is 722. The number of rotatable bonds is 8. The van der Waals surface area contributed by atoms with Crippen LogP contribution in [0.15, 0.2) is 36.7 Å². The van der Waals surface area contributed by atoms with E-state index in [9.17, 15) is 15.0 Å². The lowest BCUT2D eigenvalue weighted by atomic mass is 9.89. The molecule has 0 saturated heterocycles. The highest BCUT2D eigenvalue weighted by molar-refractivity contribution is 5.78. The van der Waals surface area contributed by atoms with Crippen LogP contribution in [-0.4, -0.2) is 51.5 Å². The van der Waals surface area contributed by atoms with Crippen molar-refractivity contribution in [1.82, 2.24) is 9.97 Å². The van der Waals surface area contributed by atoms with Crippen molar-refractivity contribution in [3.05, 3.63) is 47.9 Å². The number of aromatic nitrogens is 2. The summed E-state index contributed by atoms with van der Waals surface area (Å²) >= 11 is 0. The molecule has 8 nitrogen and oxygen atoms in total. The number of pyridine rings is 2. The number of methoxy groups -OCH3 is 1. The lowest BCUT2D eigenvalue weighted by molar-refractivity contribution is -0.161. The van der Waals surface area contributed by atoms with E-state index < -0.39 is 17.6 Å². The topological polar surface area (TPSA) is 128 Å². The largest absolute Gasteiger partial charge is 0.497 e. The molecule has 0 aromatic carbocycles. The first-order valence-electron chi connectivity index (χ1n) is 7.61. The number of ether oxygens (including phenoxy) is 2. The Kier molecular flexibility index (Phi) is 5.89. The van der Waals surface area contributed by atoms with Crippen molar-refractivity contribution in [1.29, 1.82) is 0 Å². The molecule has 0 unspecified atom stereocenters. The molecule has 0 saturated carbocycles. The van der Waals surface area contributed by atoms with Gasteiger partial charge >= 0.3 is 5.97 Å². The van der Waals surface area contributed by atoms with Crippen LogP contribution in [0.25, 0.3) is 0 Å². The van der Waals surface area contributed by atoms with Crippen LogP contribution in [0.1, 0.15) is 11.3 Å². The van der Waals surface area contributed by atoms with Crippen LogP contribution in [0.5, 0.6) is 11.6 Å². The fourth-order valence-corrected chi connectivity index (χ4v) is 2.17. The highest BCUT2D eigenvalue weighted by Gasteiger charge is 2.43. The van der Waals surface area contributed by atoms with Gasteiger partial charge in [-0.05, 0) is 18.6 Å². The average Bonchev–Trinajstić information content (AvgIpc) is 2.60. The predicted octanol–water partition coefficient (Wildman–Crippen LogP) is 0.558. The van der Waals surface area contributed by atoms with E-state index in [1.807, 2.05) is 6.92 Å². The molecule has 0 radical (unpaired) electrons. The number of aliphatic hydroxyl groups is 1. The third kappa shape index (κ3) is 4.65. The summed E-state index contributed by atoms with van der Waals surface area (Å²) in [5, 5.41) is 20.1. The first kappa shape index (κ1) is 18.6. The monoisotopic (exact) mass is 347 g/mol. The zero-order valence-electron chi connectivity index (χ0n) is 14.0. The average molecular weight is 347 g/mol. The Morgan fingerprint density at radius 3 is 2.72 bits per heavy atom. The molecule has 8 heteroatoms. The smallest absolute Gasteiger partial charge is 0.337 e. The Balaban J connectivity index is 2.11. The second-order valence-corrected chi connectivity index (χ2v) is 5.68. The summed E-state index contributed by atoms with van der Waals surface area (Å²) in [6.45, 7) is 1.66. The van der Waals surface area contributed by atoms with Crippen molar-refractivity contribution in [2.45, 2.75) is 25.0 Å². The number of carboxylic acid groups (broad SMARTS) is 1. The molecule has 2 atom stereocenters. The molecule has 134 valence electrons. The summed E-state index contributed by atoms with van der Waals surface area (Å²) in [6.07, 6.45) is 2.80. The molecular formula is C17H21N3O5. The van der Waals surface area contributed by atoms with E-state index in [-0.39, 0.29) is 13.0 Å². The van der Waals surface area contributed by atoms with Gasteiger partial charge < -0.3 is 25.4 Å². The van der Waals surface area contributed by atoms with Gasteiger partial charge in [-0.1, -0.05) is 6.07 Å². The minimum Gasteiger partial charge on any atom is -0.497 e. The van der Waals surface area contributed by atoms with E-state index in [1.54, 1.807) is 30.5 Å². The summed E-state index contributed by atoms with van der Waals surface area (Å²) in [5.41, 5.74) is 4.96. The molecule has 0 aliphatic carbocycles. The van der Waals surface area contributed by atoms with E-state index in [0.717, 1.165) is 5.56 Å². The van der Waals surface area contributed by atoms with Gasteiger partial charge in [0.1, 0.15) is 12.4 Å². The van der Waals surface area contributed by atoms with Gasteiger partial charge in [0.25, 0.3) is 0 Å². The van der Waals surface area contributed by atoms with Crippen molar-refractivity contribution in [2.24, 2.45) is 5.73 Å². The number of hydrogen-bond donors (Lipinski definition) is 3. The van der Waals surface area contributed by atoms with Crippen molar-refractivity contribution in [3.8, 4) is 11.6 Å². The highest BCUT2D eigenvalue weighted by atomic mass is 16.5. The zero-order chi connectivity index (χ0) is 18.4. The maximum Gasteiger partial charge on any atom is 0.337 e. The Labute approximate surface area is 145 Å². The van der Waals surface area contributed by atoms with Crippen LogP contribution in [0.4, 0.5) is 0 Å². The fourth-order valence-electron chi connectivity index (χ4n) is 2.17. The third-order valence-corrected chi connectivity index (χ3v) is 3.75. The standard InChI is InChI=1S/C17H21N3O5/c1-11-3-4-15(20-9-11)25-10-14(18)17(23,16(21)22)8-12-7-13(24-2)5-6-19-12/h3-7,9,14,23H,8,10,18H2,1-2H3,(H,21,22)/t14-,17+/m0/s1. The van der Waals surface area contributed by atoms with Crippen LogP contribution in [0.3, 0.4) is 0 Å². The normalized spacial score (nSPS) is 14.4. The van der Waals surface area contributed by atoms with Crippen molar-refractivity contribution in [3.63, 3.8) is 0 Å². The molecule has 0 spiro atoms. The van der Waals surface area contributed by atoms with Crippen LogP contribution in [0.2, 0.25) is 0 Å². The molecule has 2 aromatic rings. The van der Waals surface area contributed by atoms with Gasteiger partial charge in [-0.3, -0.25) is 4.98 Å². The minimum atomic E-state index is -2.25. The number of nitrogens with two attached hydrogens (primary N) is 1.